The third-order valence-electron chi connectivity index (χ3n) is 3.22. The highest BCUT2D eigenvalue weighted by atomic mass is 15.0. The molecule has 1 unspecified atom stereocenters. The molecule has 0 heterocycles. The lowest BCUT2D eigenvalue weighted by Gasteiger charge is -2.34. The van der Waals surface area contributed by atoms with Gasteiger partial charge >= 0.3 is 0 Å². The Morgan fingerprint density at radius 1 is 1.00 bits per heavy atom. The molecule has 98 valence electrons. The summed E-state index contributed by atoms with van der Waals surface area (Å²) in [6.45, 7) is 17.3. The van der Waals surface area contributed by atoms with E-state index in [-0.39, 0.29) is 5.54 Å². The summed E-state index contributed by atoms with van der Waals surface area (Å²) in [5.41, 5.74) is 0.721. The lowest BCUT2D eigenvalue weighted by Crippen LogP contribution is -2.43. The fourth-order valence-corrected chi connectivity index (χ4v) is 2.02. The zero-order valence-corrected chi connectivity index (χ0v) is 12.6. The summed E-state index contributed by atoms with van der Waals surface area (Å²) in [6, 6.07) is 0. The van der Waals surface area contributed by atoms with Crippen molar-refractivity contribution in [3.05, 3.63) is 0 Å². The van der Waals surface area contributed by atoms with Gasteiger partial charge in [-0.05, 0) is 44.9 Å². The van der Waals surface area contributed by atoms with Crippen molar-refractivity contribution in [2.24, 2.45) is 11.3 Å². The minimum absolute atomic E-state index is 0.243. The van der Waals surface area contributed by atoms with Gasteiger partial charge < -0.3 is 5.32 Å². The molecule has 0 fully saturated rings. The number of rotatable bonds is 7. The molecule has 0 bridgehead atoms. The first-order valence-corrected chi connectivity index (χ1v) is 6.93. The molecular weight excluding hydrogens is 194 g/mol. The minimum atomic E-state index is 0.243. The van der Waals surface area contributed by atoms with Crippen LogP contribution in [0, 0.1) is 11.3 Å². The van der Waals surface area contributed by atoms with Crippen LogP contribution in [0.25, 0.3) is 0 Å². The fraction of sp³-hybridized carbons (Fsp3) is 1.00. The van der Waals surface area contributed by atoms with Gasteiger partial charge in [-0.25, -0.2) is 0 Å². The lowest BCUT2D eigenvalue weighted by molar-refractivity contribution is 0.214. The molecule has 0 saturated heterocycles. The molecule has 0 aliphatic rings. The highest BCUT2D eigenvalue weighted by Crippen LogP contribution is 2.30. The maximum atomic E-state index is 3.67. The van der Waals surface area contributed by atoms with Crippen molar-refractivity contribution in [3.8, 4) is 0 Å². The van der Waals surface area contributed by atoms with Crippen LogP contribution in [-0.2, 0) is 0 Å². The van der Waals surface area contributed by atoms with Crippen LogP contribution >= 0.6 is 0 Å². The highest BCUT2D eigenvalue weighted by Gasteiger charge is 2.25. The Labute approximate surface area is 103 Å². The van der Waals surface area contributed by atoms with Crippen LogP contribution in [0.4, 0.5) is 0 Å². The van der Waals surface area contributed by atoms with E-state index in [1.807, 2.05) is 0 Å². The second-order valence-electron chi connectivity index (χ2n) is 7.10. The van der Waals surface area contributed by atoms with Crippen LogP contribution in [0.2, 0.25) is 0 Å². The number of nitrogens with one attached hydrogen (secondary N) is 1. The van der Waals surface area contributed by atoms with Gasteiger partial charge in [0.15, 0.2) is 0 Å². The van der Waals surface area contributed by atoms with Crippen molar-refractivity contribution in [1.82, 2.24) is 5.32 Å². The van der Waals surface area contributed by atoms with E-state index in [1.54, 1.807) is 0 Å². The monoisotopic (exact) mass is 227 g/mol. The summed E-state index contributed by atoms with van der Waals surface area (Å²) in [5.74, 6) is 0.825. The van der Waals surface area contributed by atoms with E-state index in [4.69, 9.17) is 0 Å². The second kappa shape index (κ2) is 6.64. The van der Waals surface area contributed by atoms with Crippen molar-refractivity contribution in [3.63, 3.8) is 0 Å². The first kappa shape index (κ1) is 16.0. The maximum Gasteiger partial charge on any atom is 0.00967 e. The summed E-state index contributed by atoms with van der Waals surface area (Å²) >= 11 is 0. The van der Waals surface area contributed by atoms with E-state index < -0.39 is 0 Å². The summed E-state index contributed by atoms with van der Waals surface area (Å²) < 4.78 is 0. The van der Waals surface area contributed by atoms with Crippen molar-refractivity contribution in [2.75, 3.05) is 6.54 Å². The van der Waals surface area contributed by atoms with E-state index in [2.05, 4.69) is 53.8 Å². The second-order valence-corrected chi connectivity index (χ2v) is 7.10. The summed E-state index contributed by atoms with van der Waals surface area (Å²) in [4.78, 5) is 0. The molecule has 0 amide bonds. The van der Waals surface area contributed by atoms with Gasteiger partial charge in [-0.1, -0.05) is 40.5 Å². The van der Waals surface area contributed by atoms with Gasteiger partial charge in [0, 0.05) is 12.1 Å². The number of hydrogen-bond acceptors (Lipinski definition) is 1. The average Bonchev–Trinajstić information content (AvgIpc) is 2.12. The molecule has 1 heteroatoms. The van der Waals surface area contributed by atoms with Crippen molar-refractivity contribution < 1.29 is 0 Å². The van der Waals surface area contributed by atoms with Crippen molar-refractivity contribution in [2.45, 2.75) is 79.7 Å². The molecular formula is C15H33N. The zero-order valence-electron chi connectivity index (χ0n) is 12.6. The maximum absolute atomic E-state index is 3.67. The Bertz CT molecular complexity index is 178. The molecule has 0 aliphatic carbocycles. The Morgan fingerprint density at radius 2 is 1.56 bits per heavy atom. The smallest absolute Gasteiger partial charge is 0.00967 e. The molecule has 1 N–H and O–H groups in total. The average molecular weight is 227 g/mol. The van der Waals surface area contributed by atoms with Crippen LogP contribution in [-0.4, -0.2) is 12.1 Å². The zero-order chi connectivity index (χ0) is 12.8. The van der Waals surface area contributed by atoms with E-state index >= 15 is 0 Å². The van der Waals surface area contributed by atoms with Crippen LogP contribution in [0.1, 0.15) is 74.1 Å². The molecule has 0 aromatic heterocycles. The van der Waals surface area contributed by atoms with Gasteiger partial charge in [-0.2, -0.15) is 0 Å². The molecule has 1 atom stereocenters. The van der Waals surface area contributed by atoms with E-state index in [0.29, 0.717) is 5.41 Å². The largest absolute Gasteiger partial charge is 0.312 e. The third kappa shape index (κ3) is 8.15. The molecule has 0 rings (SSSR count). The third-order valence-corrected chi connectivity index (χ3v) is 3.22. The molecule has 0 radical (unpaired) electrons. The molecule has 0 aliphatic heterocycles. The molecule has 0 spiro atoms. The molecule has 16 heavy (non-hydrogen) atoms. The van der Waals surface area contributed by atoms with Gasteiger partial charge in [0.25, 0.3) is 0 Å². The van der Waals surface area contributed by atoms with Crippen molar-refractivity contribution in [1.29, 1.82) is 0 Å². The van der Waals surface area contributed by atoms with Gasteiger partial charge in [-0.15, -0.1) is 0 Å². The number of hydrogen-bond donors (Lipinski definition) is 1. The Kier molecular flexibility index (Phi) is 6.62. The predicted octanol–water partition coefficient (Wildman–Crippen LogP) is 4.62. The van der Waals surface area contributed by atoms with Gasteiger partial charge in [0.05, 0.1) is 0 Å². The van der Waals surface area contributed by atoms with E-state index in [1.165, 1.54) is 25.7 Å². The molecule has 0 saturated carbocycles. The summed E-state index contributed by atoms with van der Waals surface area (Å²) in [6.07, 6.45) is 5.33. The normalized spacial score (nSPS) is 16.5. The van der Waals surface area contributed by atoms with Gasteiger partial charge in [0.2, 0.25) is 0 Å². The quantitative estimate of drug-likeness (QED) is 0.669. The minimum Gasteiger partial charge on any atom is -0.312 e. The topological polar surface area (TPSA) is 12.0 Å². The van der Waals surface area contributed by atoms with E-state index in [9.17, 15) is 0 Å². The Morgan fingerprint density at radius 3 is 1.94 bits per heavy atom. The Balaban J connectivity index is 4.21. The fourth-order valence-electron chi connectivity index (χ4n) is 2.02. The highest BCUT2D eigenvalue weighted by molar-refractivity contribution is 4.81. The van der Waals surface area contributed by atoms with Gasteiger partial charge in [-0.3, -0.25) is 0 Å². The summed E-state index contributed by atoms with van der Waals surface area (Å²) in [7, 11) is 0. The predicted molar refractivity (Wildman–Crippen MR) is 74.8 cm³/mol. The van der Waals surface area contributed by atoms with Crippen LogP contribution < -0.4 is 5.32 Å². The lowest BCUT2D eigenvalue weighted by atomic mass is 9.79. The molecule has 0 aromatic carbocycles. The van der Waals surface area contributed by atoms with E-state index in [0.717, 1.165) is 12.5 Å². The first-order valence-electron chi connectivity index (χ1n) is 6.93. The van der Waals surface area contributed by atoms with Crippen LogP contribution in [0.3, 0.4) is 0 Å². The van der Waals surface area contributed by atoms with Gasteiger partial charge in [0.1, 0.15) is 0 Å². The SMILES string of the molecule is CCCC(C)(CCC(C)C)CNC(C)(C)C. The van der Waals surface area contributed by atoms with Crippen LogP contribution in [0.15, 0.2) is 0 Å². The molecule has 1 nitrogen and oxygen atoms in total. The molecule has 0 aromatic rings. The standard InChI is InChI=1S/C15H33N/c1-8-10-15(7,11-9-13(2)3)12-16-14(4,5)6/h13,16H,8-12H2,1-7H3. The Hall–Kier alpha value is -0.0400. The first-order chi connectivity index (χ1) is 7.18. The van der Waals surface area contributed by atoms with Crippen LogP contribution in [0.5, 0.6) is 0 Å². The van der Waals surface area contributed by atoms with Crippen molar-refractivity contribution >= 4 is 0 Å². The summed E-state index contributed by atoms with van der Waals surface area (Å²) in [5, 5.41) is 3.67.